The molecular weight excluding hydrogens is 112 g/mol. The van der Waals surface area contributed by atoms with E-state index in [-0.39, 0.29) is 0 Å². The summed E-state index contributed by atoms with van der Waals surface area (Å²) >= 11 is 0. The summed E-state index contributed by atoms with van der Waals surface area (Å²) in [5, 5.41) is 0. The van der Waals surface area contributed by atoms with Gasteiger partial charge in [-0.3, -0.25) is 0 Å². The SMILES string of the molecule is CC(C)[C@@H]1CCO[C@H]1C. The third-order valence-electron chi connectivity index (χ3n) is 2.29. The molecule has 1 aliphatic rings. The number of hydrogen-bond donors (Lipinski definition) is 0. The van der Waals surface area contributed by atoms with Crippen molar-refractivity contribution in [3.05, 3.63) is 0 Å². The fraction of sp³-hybridized carbons (Fsp3) is 1.00. The van der Waals surface area contributed by atoms with Crippen molar-refractivity contribution in [3.63, 3.8) is 0 Å². The lowest BCUT2D eigenvalue weighted by molar-refractivity contribution is 0.0946. The molecule has 0 aromatic rings. The summed E-state index contributed by atoms with van der Waals surface area (Å²) in [7, 11) is 0. The highest BCUT2D eigenvalue weighted by molar-refractivity contribution is 4.74. The van der Waals surface area contributed by atoms with E-state index in [0.29, 0.717) is 6.10 Å². The van der Waals surface area contributed by atoms with Gasteiger partial charge < -0.3 is 4.74 Å². The van der Waals surface area contributed by atoms with Crippen LogP contribution in [-0.4, -0.2) is 12.7 Å². The van der Waals surface area contributed by atoms with Crippen LogP contribution in [0.3, 0.4) is 0 Å². The van der Waals surface area contributed by atoms with Gasteiger partial charge in [0.25, 0.3) is 0 Å². The molecule has 0 unspecified atom stereocenters. The number of ether oxygens (including phenoxy) is 1. The summed E-state index contributed by atoms with van der Waals surface area (Å²) in [4.78, 5) is 0. The van der Waals surface area contributed by atoms with Gasteiger partial charge in [-0.15, -0.1) is 0 Å². The lowest BCUT2D eigenvalue weighted by atomic mass is 9.90. The largest absolute Gasteiger partial charge is 0.378 e. The minimum Gasteiger partial charge on any atom is -0.378 e. The molecule has 0 aromatic carbocycles. The molecule has 1 nitrogen and oxygen atoms in total. The summed E-state index contributed by atoms with van der Waals surface area (Å²) in [6, 6.07) is 0. The third kappa shape index (κ3) is 1.45. The zero-order chi connectivity index (χ0) is 6.85. The number of hydrogen-bond acceptors (Lipinski definition) is 1. The summed E-state index contributed by atoms with van der Waals surface area (Å²) in [5.74, 6) is 1.60. The summed E-state index contributed by atoms with van der Waals surface area (Å²) in [5.41, 5.74) is 0. The van der Waals surface area contributed by atoms with Gasteiger partial charge in [0.05, 0.1) is 6.10 Å². The fourth-order valence-electron chi connectivity index (χ4n) is 1.62. The topological polar surface area (TPSA) is 9.23 Å². The molecule has 0 amide bonds. The molecule has 0 aromatic heterocycles. The summed E-state index contributed by atoms with van der Waals surface area (Å²) in [6.07, 6.45) is 1.77. The van der Waals surface area contributed by atoms with Crippen LogP contribution in [0.25, 0.3) is 0 Å². The van der Waals surface area contributed by atoms with Crippen LogP contribution >= 0.6 is 0 Å². The Balaban J connectivity index is 2.40. The van der Waals surface area contributed by atoms with Gasteiger partial charge in [-0.2, -0.15) is 0 Å². The van der Waals surface area contributed by atoms with Crippen LogP contribution in [0.4, 0.5) is 0 Å². The van der Waals surface area contributed by atoms with Crippen molar-refractivity contribution in [1.82, 2.24) is 0 Å². The van der Waals surface area contributed by atoms with Gasteiger partial charge in [0, 0.05) is 6.61 Å². The maximum absolute atomic E-state index is 5.43. The molecule has 9 heavy (non-hydrogen) atoms. The molecule has 54 valence electrons. The first-order valence-electron chi connectivity index (χ1n) is 3.83. The van der Waals surface area contributed by atoms with E-state index >= 15 is 0 Å². The Morgan fingerprint density at radius 2 is 2.11 bits per heavy atom. The molecular formula is C8H16O. The first-order chi connectivity index (χ1) is 4.22. The van der Waals surface area contributed by atoms with Gasteiger partial charge in [-0.05, 0) is 25.2 Å². The predicted molar refractivity (Wildman–Crippen MR) is 38.4 cm³/mol. The van der Waals surface area contributed by atoms with Crippen molar-refractivity contribution in [2.75, 3.05) is 6.61 Å². The molecule has 0 saturated carbocycles. The molecule has 0 N–H and O–H groups in total. The van der Waals surface area contributed by atoms with E-state index in [1.807, 2.05) is 0 Å². The second-order valence-corrected chi connectivity index (χ2v) is 3.27. The average Bonchev–Trinajstić information content (AvgIpc) is 2.13. The zero-order valence-electron chi connectivity index (χ0n) is 6.55. The molecule has 0 aliphatic carbocycles. The smallest absolute Gasteiger partial charge is 0.0578 e. The molecule has 1 aliphatic heterocycles. The highest BCUT2D eigenvalue weighted by Crippen LogP contribution is 2.26. The maximum atomic E-state index is 5.43. The van der Waals surface area contributed by atoms with E-state index in [1.165, 1.54) is 6.42 Å². The second kappa shape index (κ2) is 2.70. The quantitative estimate of drug-likeness (QED) is 0.525. The maximum Gasteiger partial charge on any atom is 0.0578 e. The van der Waals surface area contributed by atoms with Gasteiger partial charge in [0.1, 0.15) is 0 Å². The average molecular weight is 128 g/mol. The van der Waals surface area contributed by atoms with Crippen LogP contribution in [0, 0.1) is 11.8 Å². The Morgan fingerprint density at radius 1 is 1.44 bits per heavy atom. The Bertz CT molecular complexity index is 88.6. The Kier molecular flexibility index (Phi) is 2.12. The Morgan fingerprint density at radius 3 is 2.33 bits per heavy atom. The van der Waals surface area contributed by atoms with Gasteiger partial charge in [0.15, 0.2) is 0 Å². The standard InChI is InChI=1S/C8H16O/c1-6(2)8-4-5-9-7(8)3/h6-8H,4-5H2,1-3H3/t7-,8-/m0/s1. The molecule has 0 radical (unpaired) electrons. The predicted octanol–water partition coefficient (Wildman–Crippen LogP) is 2.07. The zero-order valence-corrected chi connectivity index (χ0v) is 6.55. The van der Waals surface area contributed by atoms with E-state index in [2.05, 4.69) is 20.8 Å². The van der Waals surface area contributed by atoms with Crippen molar-refractivity contribution in [3.8, 4) is 0 Å². The molecule has 0 bridgehead atoms. The normalized spacial score (nSPS) is 36.0. The first-order valence-corrected chi connectivity index (χ1v) is 3.83. The molecule has 1 rings (SSSR count). The fourth-order valence-corrected chi connectivity index (χ4v) is 1.62. The first kappa shape index (κ1) is 7.07. The molecule has 2 atom stereocenters. The summed E-state index contributed by atoms with van der Waals surface area (Å²) < 4.78 is 5.43. The van der Waals surface area contributed by atoms with Crippen LogP contribution in [-0.2, 0) is 4.74 Å². The Labute approximate surface area is 57.4 Å². The minimum absolute atomic E-state index is 0.505. The van der Waals surface area contributed by atoms with Crippen LogP contribution < -0.4 is 0 Å². The molecule has 1 fully saturated rings. The molecule has 1 saturated heterocycles. The van der Waals surface area contributed by atoms with Gasteiger partial charge in [0.2, 0.25) is 0 Å². The van der Waals surface area contributed by atoms with E-state index in [0.717, 1.165) is 18.4 Å². The van der Waals surface area contributed by atoms with Crippen molar-refractivity contribution in [2.24, 2.45) is 11.8 Å². The Hall–Kier alpha value is -0.0400. The van der Waals surface area contributed by atoms with Crippen LogP contribution in [0.2, 0.25) is 0 Å². The second-order valence-electron chi connectivity index (χ2n) is 3.27. The molecule has 0 spiro atoms. The van der Waals surface area contributed by atoms with Crippen molar-refractivity contribution >= 4 is 0 Å². The van der Waals surface area contributed by atoms with Gasteiger partial charge in [-0.1, -0.05) is 13.8 Å². The summed E-state index contributed by atoms with van der Waals surface area (Å²) in [6.45, 7) is 7.70. The van der Waals surface area contributed by atoms with Crippen molar-refractivity contribution in [1.29, 1.82) is 0 Å². The third-order valence-corrected chi connectivity index (χ3v) is 2.29. The highest BCUT2D eigenvalue weighted by atomic mass is 16.5. The molecule has 1 heteroatoms. The van der Waals surface area contributed by atoms with Crippen molar-refractivity contribution in [2.45, 2.75) is 33.3 Å². The van der Waals surface area contributed by atoms with Crippen LogP contribution in [0.1, 0.15) is 27.2 Å². The van der Waals surface area contributed by atoms with E-state index in [4.69, 9.17) is 4.74 Å². The van der Waals surface area contributed by atoms with Crippen LogP contribution in [0.5, 0.6) is 0 Å². The van der Waals surface area contributed by atoms with Gasteiger partial charge in [-0.25, -0.2) is 0 Å². The van der Waals surface area contributed by atoms with E-state index < -0.39 is 0 Å². The highest BCUT2D eigenvalue weighted by Gasteiger charge is 2.26. The molecule has 1 heterocycles. The van der Waals surface area contributed by atoms with Crippen molar-refractivity contribution < 1.29 is 4.74 Å². The minimum atomic E-state index is 0.505. The van der Waals surface area contributed by atoms with E-state index in [1.54, 1.807) is 0 Å². The lowest BCUT2D eigenvalue weighted by Gasteiger charge is -2.17. The van der Waals surface area contributed by atoms with E-state index in [9.17, 15) is 0 Å². The monoisotopic (exact) mass is 128 g/mol. The van der Waals surface area contributed by atoms with Crippen LogP contribution in [0.15, 0.2) is 0 Å². The lowest BCUT2D eigenvalue weighted by Crippen LogP contribution is -2.16. The van der Waals surface area contributed by atoms with Gasteiger partial charge >= 0.3 is 0 Å². The number of rotatable bonds is 1.